The van der Waals surface area contributed by atoms with Crippen LogP contribution >= 0.6 is 15.9 Å². The molecule has 0 aliphatic heterocycles. The van der Waals surface area contributed by atoms with E-state index in [1.54, 1.807) is 54.6 Å². The summed E-state index contributed by atoms with van der Waals surface area (Å²) < 4.78 is 5.68. The van der Waals surface area contributed by atoms with Gasteiger partial charge in [0.15, 0.2) is 6.61 Å². The van der Waals surface area contributed by atoms with Crippen LogP contribution in [0, 0.1) is 0 Å². The van der Waals surface area contributed by atoms with Crippen LogP contribution in [-0.2, 0) is 9.53 Å². The summed E-state index contributed by atoms with van der Waals surface area (Å²) in [7, 11) is 0. The predicted molar refractivity (Wildman–Crippen MR) is 86.5 cm³/mol. The minimum absolute atomic E-state index is 0.328. The van der Waals surface area contributed by atoms with E-state index in [4.69, 9.17) is 4.74 Å². The average molecular weight is 377 g/mol. The standard InChI is InChI=1S/C16H13BrN2O4/c17-13-8-6-12(7-9-13)16(22)23-10-14(20)18-19-15(21)11-4-2-1-3-5-11/h1-9H,10H2,(H,18,20)(H,19,21). The molecule has 2 aromatic rings. The fourth-order valence-electron chi connectivity index (χ4n) is 1.62. The average Bonchev–Trinajstić information content (AvgIpc) is 2.59. The maximum atomic E-state index is 11.7. The summed E-state index contributed by atoms with van der Waals surface area (Å²) in [4.78, 5) is 35.0. The summed E-state index contributed by atoms with van der Waals surface area (Å²) in [6.07, 6.45) is 0. The number of carbonyl (C=O) groups is 3. The van der Waals surface area contributed by atoms with E-state index in [-0.39, 0.29) is 0 Å². The zero-order chi connectivity index (χ0) is 16.7. The van der Waals surface area contributed by atoms with Gasteiger partial charge >= 0.3 is 5.97 Å². The van der Waals surface area contributed by atoms with Crippen molar-refractivity contribution in [2.45, 2.75) is 0 Å². The smallest absolute Gasteiger partial charge is 0.338 e. The lowest BCUT2D eigenvalue weighted by Crippen LogP contribution is -2.43. The zero-order valence-corrected chi connectivity index (χ0v) is 13.5. The maximum Gasteiger partial charge on any atom is 0.338 e. The molecule has 0 spiro atoms. The molecule has 2 amide bonds. The Labute approximate surface area is 140 Å². The molecule has 0 heterocycles. The van der Waals surface area contributed by atoms with Gasteiger partial charge < -0.3 is 4.74 Å². The molecule has 0 atom stereocenters. The summed E-state index contributed by atoms with van der Waals surface area (Å²) in [5.41, 5.74) is 5.14. The Morgan fingerprint density at radius 1 is 0.870 bits per heavy atom. The third-order valence-corrected chi connectivity index (χ3v) is 3.29. The molecular weight excluding hydrogens is 364 g/mol. The number of ether oxygens (including phenoxy) is 1. The van der Waals surface area contributed by atoms with Gasteiger partial charge in [0.1, 0.15) is 0 Å². The molecule has 118 valence electrons. The molecule has 0 fully saturated rings. The lowest BCUT2D eigenvalue weighted by Gasteiger charge is -2.08. The molecule has 2 aromatic carbocycles. The first-order valence-corrected chi connectivity index (χ1v) is 7.42. The van der Waals surface area contributed by atoms with E-state index in [1.807, 2.05) is 0 Å². The highest BCUT2D eigenvalue weighted by molar-refractivity contribution is 9.10. The van der Waals surface area contributed by atoms with Gasteiger partial charge in [0, 0.05) is 10.0 Å². The van der Waals surface area contributed by atoms with Gasteiger partial charge in [-0.05, 0) is 36.4 Å². The summed E-state index contributed by atoms with van der Waals surface area (Å²) >= 11 is 3.25. The van der Waals surface area contributed by atoms with Gasteiger partial charge in [-0.1, -0.05) is 34.1 Å². The number of rotatable bonds is 4. The van der Waals surface area contributed by atoms with Gasteiger partial charge in [-0.2, -0.15) is 0 Å². The Kier molecular flexibility index (Phi) is 5.87. The van der Waals surface area contributed by atoms with Crippen molar-refractivity contribution in [1.82, 2.24) is 10.9 Å². The number of hydrazine groups is 1. The van der Waals surface area contributed by atoms with Crippen LogP contribution in [0.5, 0.6) is 0 Å². The highest BCUT2D eigenvalue weighted by Gasteiger charge is 2.11. The van der Waals surface area contributed by atoms with Crippen LogP contribution in [0.15, 0.2) is 59.1 Å². The van der Waals surface area contributed by atoms with Crippen molar-refractivity contribution in [3.05, 3.63) is 70.2 Å². The lowest BCUT2D eigenvalue weighted by molar-refractivity contribution is -0.125. The fraction of sp³-hybridized carbons (Fsp3) is 0.0625. The summed E-state index contributed by atoms with van der Waals surface area (Å²) in [6.45, 7) is -0.496. The van der Waals surface area contributed by atoms with Crippen LogP contribution in [-0.4, -0.2) is 24.4 Å². The Bertz CT molecular complexity index is 702. The highest BCUT2D eigenvalue weighted by atomic mass is 79.9. The molecule has 23 heavy (non-hydrogen) atoms. The molecule has 0 unspecified atom stereocenters. The number of nitrogens with one attached hydrogen (secondary N) is 2. The minimum atomic E-state index is -0.639. The molecule has 0 aliphatic rings. The maximum absolute atomic E-state index is 11.7. The number of amides is 2. The molecule has 0 saturated heterocycles. The monoisotopic (exact) mass is 376 g/mol. The molecule has 7 heteroatoms. The van der Waals surface area contributed by atoms with Gasteiger partial charge in [0.25, 0.3) is 11.8 Å². The SMILES string of the molecule is O=C(COC(=O)c1ccc(Br)cc1)NNC(=O)c1ccccc1. The molecule has 0 aliphatic carbocycles. The van der Waals surface area contributed by atoms with Crippen LogP contribution < -0.4 is 10.9 Å². The molecule has 0 radical (unpaired) electrons. The van der Waals surface area contributed by atoms with Gasteiger partial charge in [-0.15, -0.1) is 0 Å². The van der Waals surface area contributed by atoms with Crippen molar-refractivity contribution in [2.24, 2.45) is 0 Å². The van der Waals surface area contributed by atoms with E-state index in [9.17, 15) is 14.4 Å². The third-order valence-electron chi connectivity index (χ3n) is 2.77. The van der Waals surface area contributed by atoms with Gasteiger partial charge in [-0.3, -0.25) is 20.4 Å². The topological polar surface area (TPSA) is 84.5 Å². The number of benzene rings is 2. The van der Waals surface area contributed by atoms with E-state index < -0.39 is 24.4 Å². The van der Waals surface area contributed by atoms with Crippen LogP contribution in [0.1, 0.15) is 20.7 Å². The van der Waals surface area contributed by atoms with Crippen LogP contribution in [0.25, 0.3) is 0 Å². The predicted octanol–water partition coefficient (Wildman–Crippen LogP) is 2.07. The lowest BCUT2D eigenvalue weighted by atomic mass is 10.2. The third kappa shape index (κ3) is 5.23. The first kappa shape index (κ1) is 16.7. The second kappa shape index (κ2) is 8.09. The second-order valence-electron chi connectivity index (χ2n) is 4.45. The van der Waals surface area contributed by atoms with Crippen molar-refractivity contribution >= 4 is 33.7 Å². The van der Waals surface area contributed by atoms with Gasteiger partial charge in [0.2, 0.25) is 0 Å². The van der Waals surface area contributed by atoms with E-state index in [0.29, 0.717) is 11.1 Å². The first-order valence-electron chi connectivity index (χ1n) is 6.63. The van der Waals surface area contributed by atoms with Crippen LogP contribution in [0.2, 0.25) is 0 Å². The van der Waals surface area contributed by atoms with Crippen LogP contribution in [0.4, 0.5) is 0 Å². The molecule has 0 aromatic heterocycles. The largest absolute Gasteiger partial charge is 0.452 e. The minimum Gasteiger partial charge on any atom is -0.452 e. The normalized spacial score (nSPS) is 9.78. The summed E-state index contributed by atoms with van der Waals surface area (Å²) in [6, 6.07) is 14.9. The number of esters is 1. The Morgan fingerprint density at radius 2 is 1.52 bits per heavy atom. The molecule has 2 rings (SSSR count). The number of halogens is 1. The second-order valence-corrected chi connectivity index (χ2v) is 5.37. The Balaban J connectivity index is 1.76. The number of hydrogen-bond donors (Lipinski definition) is 2. The van der Waals surface area contributed by atoms with Gasteiger partial charge in [-0.25, -0.2) is 4.79 Å². The zero-order valence-electron chi connectivity index (χ0n) is 11.9. The van der Waals surface area contributed by atoms with E-state index in [0.717, 1.165) is 4.47 Å². The van der Waals surface area contributed by atoms with Crippen molar-refractivity contribution in [3.63, 3.8) is 0 Å². The molecule has 6 nitrogen and oxygen atoms in total. The molecule has 0 bridgehead atoms. The van der Waals surface area contributed by atoms with Crippen molar-refractivity contribution < 1.29 is 19.1 Å². The van der Waals surface area contributed by atoms with E-state index in [2.05, 4.69) is 26.8 Å². The Morgan fingerprint density at radius 3 is 2.17 bits per heavy atom. The fourth-order valence-corrected chi connectivity index (χ4v) is 1.89. The van der Waals surface area contributed by atoms with E-state index >= 15 is 0 Å². The van der Waals surface area contributed by atoms with Crippen LogP contribution in [0.3, 0.4) is 0 Å². The molecular formula is C16H13BrN2O4. The van der Waals surface area contributed by atoms with Crippen molar-refractivity contribution in [2.75, 3.05) is 6.61 Å². The first-order chi connectivity index (χ1) is 11.1. The van der Waals surface area contributed by atoms with Crippen molar-refractivity contribution in [1.29, 1.82) is 0 Å². The quantitative estimate of drug-likeness (QED) is 0.631. The summed E-state index contributed by atoms with van der Waals surface area (Å²) in [5, 5.41) is 0. The summed E-state index contributed by atoms with van der Waals surface area (Å²) in [5.74, 6) is -1.72. The number of carbonyl (C=O) groups excluding carboxylic acids is 3. The van der Waals surface area contributed by atoms with E-state index in [1.165, 1.54) is 0 Å². The number of hydrogen-bond acceptors (Lipinski definition) is 4. The van der Waals surface area contributed by atoms with Crippen molar-refractivity contribution in [3.8, 4) is 0 Å². The Hall–Kier alpha value is -2.67. The molecule has 0 saturated carbocycles. The molecule has 2 N–H and O–H groups in total. The highest BCUT2D eigenvalue weighted by Crippen LogP contribution is 2.11. The van der Waals surface area contributed by atoms with Gasteiger partial charge in [0.05, 0.1) is 5.56 Å².